The zero-order valence-corrected chi connectivity index (χ0v) is 14.8. The summed E-state index contributed by atoms with van der Waals surface area (Å²) in [5, 5.41) is 6.03. The molecule has 26 heavy (non-hydrogen) atoms. The largest absolute Gasteiger partial charge is 0.457 e. The van der Waals surface area contributed by atoms with Crippen molar-refractivity contribution >= 4 is 17.3 Å². The second kappa shape index (κ2) is 8.16. The monoisotopic (exact) mass is 347 g/mol. The molecule has 1 heterocycles. The van der Waals surface area contributed by atoms with Crippen LogP contribution in [0, 0.1) is 13.8 Å². The predicted molar refractivity (Wildman–Crippen MR) is 104 cm³/mol. The van der Waals surface area contributed by atoms with Gasteiger partial charge in [-0.25, -0.2) is 0 Å². The van der Waals surface area contributed by atoms with Crippen LogP contribution in [0.2, 0.25) is 0 Å². The average Bonchev–Trinajstić information content (AvgIpc) is 2.64. The molecule has 0 aliphatic heterocycles. The highest BCUT2D eigenvalue weighted by molar-refractivity contribution is 5.94. The highest BCUT2D eigenvalue weighted by atomic mass is 16.5. The van der Waals surface area contributed by atoms with Crippen LogP contribution < -0.4 is 15.4 Å². The van der Waals surface area contributed by atoms with Crippen LogP contribution in [-0.2, 0) is 4.79 Å². The van der Waals surface area contributed by atoms with Gasteiger partial charge >= 0.3 is 0 Å². The van der Waals surface area contributed by atoms with E-state index in [4.69, 9.17) is 4.74 Å². The first-order valence-electron chi connectivity index (χ1n) is 8.39. The zero-order valence-electron chi connectivity index (χ0n) is 14.8. The number of hydrogen-bond donors (Lipinski definition) is 2. The van der Waals surface area contributed by atoms with Gasteiger partial charge < -0.3 is 15.4 Å². The number of hydrogen-bond acceptors (Lipinski definition) is 4. The van der Waals surface area contributed by atoms with Gasteiger partial charge in [-0.15, -0.1) is 0 Å². The van der Waals surface area contributed by atoms with Gasteiger partial charge in [-0.2, -0.15) is 0 Å². The van der Waals surface area contributed by atoms with Gasteiger partial charge in [0.15, 0.2) is 0 Å². The topological polar surface area (TPSA) is 63.2 Å². The van der Waals surface area contributed by atoms with Gasteiger partial charge in [0.1, 0.15) is 11.5 Å². The van der Waals surface area contributed by atoms with Crippen LogP contribution in [0.15, 0.2) is 67.0 Å². The summed E-state index contributed by atoms with van der Waals surface area (Å²) in [6.07, 6.45) is 3.36. The molecule has 0 atom stereocenters. The van der Waals surface area contributed by atoms with E-state index in [1.807, 2.05) is 56.3 Å². The van der Waals surface area contributed by atoms with Crippen molar-refractivity contribution < 1.29 is 9.53 Å². The zero-order chi connectivity index (χ0) is 18.4. The number of aromatic nitrogens is 1. The van der Waals surface area contributed by atoms with Crippen molar-refractivity contribution in [1.82, 2.24) is 4.98 Å². The summed E-state index contributed by atoms with van der Waals surface area (Å²) in [6.45, 7) is 4.21. The van der Waals surface area contributed by atoms with E-state index in [2.05, 4.69) is 15.6 Å². The Kier molecular flexibility index (Phi) is 5.49. The number of carbonyl (C=O) groups excluding carboxylic acids is 1. The summed E-state index contributed by atoms with van der Waals surface area (Å²) in [6, 6.07) is 17.0. The molecule has 0 saturated carbocycles. The third-order valence-corrected chi connectivity index (χ3v) is 3.85. The molecule has 0 unspecified atom stereocenters. The Morgan fingerprint density at radius 2 is 1.65 bits per heavy atom. The maximum Gasteiger partial charge on any atom is 0.243 e. The van der Waals surface area contributed by atoms with E-state index in [0.717, 1.165) is 28.4 Å². The lowest BCUT2D eigenvalue weighted by Crippen LogP contribution is -2.22. The minimum Gasteiger partial charge on any atom is -0.457 e. The number of ether oxygens (including phenoxy) is 1. The summed E-state index contributed by atoms with van der Waals surface area (Å²) in [5.74, 6) is 1.36. The lowest BCUT2D eigenvalue weighted by Gasteiger charge is -2.11. The van der Waals surface area contributed by atoms with Crippen LogP contribution >= 0.6 is 0 Å². The molecule has 0 aliphatic rings. The number of aryl methyl sites for hydroxylation is 2. The van der Waals surface area contributed by atoms with Crippen LogP contribution in [0.1, 0.15) is 11.1 Å². The Morgan fingerprint density at radius 3 is 2.35 bits per heavy atom. The molecule has 3 aromatic rings. The fourth-order valence-electron chi connectivity index (χ4n) is 2.51. The lowest BCUT2D eigenvalue weighted by molar-refractivity contribution is -0.114. The molecule has 3 rings (SSSR count). The van der Waals surface area contributed by atoms with Crippen LogP contribution in [0.4, 0.5) is 11.4 Å². The van der Waals surface area contributed by atoms with Gasteiger partial charge in [-0.05, 0) is 61.9 Å². The van der Waals surface area contributed by atoms with Gasteiger partial charge in [0.05, 0.1) is 6.54 Å². The van der Waals surface area contributed by atoms with Crippen molar-refractivity contribution in [2.75, 3.05) is 17.2 Å². The number of amides is 1. The second-order valence-corrected chi connectivity index (χ2v) is 6.03. The average molecular weight is 347 g/mol. The highest BCUT2D eigenvalue weighted by Crippen LogP contribution is 2.22. The molecule has 0 aliphatic carbocycles. The normalized spacial score (nSPS) is 10.2. The van der Waals surface area contributed by atoms with E-state index >= 15 is 0 Å². The third-order valence-electron chi connectivity index (χ3n) is 3.85. The molecular formula is C21H21N3O2. The van der Waals surface area contributed by atoms with E-state index in [-0.39, 0.29) is 12.5 Å². The minimum atomic E-state index is -0.0888. The summed E-state index contributed by atoms with van der Waals surface area (Å²) < 4.78 is 5.71. The van der Waals surface area contributed by atoms with Gasteiger partial charge in [-0.1, -0.05) is 17.7 Å². The summed E-state index contributed by atoms with van der Waals surface area (Å²) >= 11 is 0. The van der Waals surface area contributed by atoms with E-state index in [9.17, 15) is 4.79 Å². The molecule has 5 heteroatoms. The Balaban J connectivity index is 1.52. The second-order valence-electron chi connectivity index (χ2n) is 6.03. The number of nitrogens with zero attached hydrogens (tertiary/aromatic N) is 1. The molecule has 2 aromatic carbocycles. The van der Waals surface area contributed by atoms with Gasteiger partial charge in [-0.3, -0.25) is 9.78 Å². The number of anilines is 2. The number of rotatable bonds is 6. The van der Waals surface area contributed by atoms with Crippen molar-refractivity contribution in [1.29, 1.82) is 0 Å². The van der Waals surface area contributed by atoms with Crippen LogP contribution in [0.5, 0.6) is 11.5 Å². The Hall–Kier alpha value is -3.34. The maximum absolute atomic E-state index is 12.1. The fourth-order valence-corrected chi connectivity index (χ4v) is 2.51. The minimum absolute atomic E-state index is 0.0888. The fraction of sp³-hybridized carbons (Fsp3) is 0.143. The number of carbonyl (C=O) groups is 1. The summed E-state index contributed by atoms with van der Waals surface area (Å²) in [4.78, 5) is 16.1. The van der Waals surface area contributed by atoms with Crippen molar-refractivity contribution in [2.24, 2.45) is 0 Å². The Labute approximate surface area is 153 Å². The van der Waals surface area contributed by atoms with Crippen molar-refractivity contribution in [3.8, 4) is 11.5 Å². The molecule has 2 N–H and O–H groups in total. The summed E-state index contributed by atoms with van der Waals surface area (Å²) in [5.41, 5.74) is 3.91. The maximum atomic E-state index is 12.1. The highest BCUT2D eigenvalue weighted by Gasteiger charge is 2.05. The molecule has 0 spiro atoms. The molecule has 5 nitrogen and oxygen atoms in total. The molecule has 0 saturated heterocycles. The molecule has 1 aromatic heterocycles. The molecule has 132 valence electrons. The summed E-state index contributed by atoms with van der Waals surface area (Å²) in [7, 11) is 0. The SMILES string of the molecule is Cc1ccc(NC(=O)CNc2ccc(Oc3ccncc3)cc2)c(C)c1. The molecular weight excluding hydrogens is 326 g/mol. The van der Waals surface area contributed by atoms with Crippen molar-refractivity contribution in [3.05, 3.63) is 78.1 Å². The third kappa shape index (κ3) is 4.83. The Bertz CT molecular complexity index is 878. The van der Waals surface area contributed by atoms with Crippen LogP contribution in [-0.4, -0.2) is 17.4 Å². The number of nitrogens with one attached hydrogen (secondary N) is 2. The van der Waals surface area contributed by atoms with Crippen LogP contribution in [0.3, 0.4) is 0 Å². The van der Waals surface area contributed by atoms with E-state index < -0.39 is 0 Å². The smallest absolute Gasteiger partial charge is 0.243 e. The predicted octanol–water partition coefficient (Wildman–Crippen LogP) is 4.54. The standard InChI is InChI=1S/C21H21N3O2/c1-15-3-8-20(16(2)13-15)24-21(25)14-23-17-4-6-18(7-5-17)26-19-9-11-22-12-10-19/h3-13,23H,14H2,1-2H3,(H,24,25). The van der Waals surface area contributed by atoms with Gasteiger partial charge in [0.25, 0.3) is 0 Å². The van der Waals surface area contributed by atoms with Crippen molar-refractivity contribution in [3.63, 3.8) is 0 Å². The quantitative estimate of drug-likeness (QED) is 0.687. The molecule has 0 fully saturated rings. The number of benzene rings is 2. The molecule has 0 bridgehead atoms. The van der Waals surface area contributed by atoms with E-state index in [1.54, 1.807) is 24.5 Å². The Morgan fingerprint density at radius 1 is 0.962 bits per heavy atom. The van der Waals surface area contributed by atoms with E-state index in [1.165, 1.54) is 5.56 Å². The van der Waals surface area contributed by atoms with Crippen LogP contribution in [0.25, 0.3) is 0 Å². The van der Waals surface area contributed by atoms with Gasteiger partial charge in [0, 0.05) is 23.8 Å². The van der Waals surface area contributed by atoms with Gasteiger partial charge in [0.2, 0.25) is 5.91 Å². The lowest BCUT2D eigenvalue weighted by atomic mass is 10.1. The first-order chi connectivity index (χ1) is 12.6. The van der Waals surface area contributed by atoms with E-state index in [0.29, 0.717) is 0 Å². The first-order valence-corrected chi connectivity index (χ1v) is 8.39. The first kappa shape index (κ1) is 17.5. The number of pyridine rings is 1. The van der Waals surface area contributed by atoms with Crippen molar-refractivity contribution in [2.45, 2.75) is 13.8 Å². The molecule has 1 amide bonds. The molecule has 0 radical (unpaired) electrons.